The monoisotopic (exact) mass is 363 g/mol. The number of urea groups is 1. The molecule has 0 bridgehead atoms. The van der Waals surface area contributed by atoms with Gasteiger partial charge >= 0.3 is 6.03 Å². The van der Waals surface area contributed by atoms with Crippen LogP contribution in [-0.4, -0.2) is 62.6 Å². The third kappa shape index (κ3) is 4.37. The Morgan fingerprint density at radius 2 is 2.31 bits per heavy atom. The second kappa shape index (κ2) is 8.75. The number of nitrogens with zero attached hydrogens (tertiary/aromatic N) is 6. The summed E-state index contributed by atoms with van der Waals surface area (Å²) >= 11 is 0. The predicted octanol–water partition coefficient (Wildman–Crippen LogP) is 0.866. The first-order valence-electron chi connectivity index (χ1n) is 8.88. The normalized spacial score (nSPS) is 17.5. The summed E-state index contributed by atoms with van der Waals surface area (Å²) in [6, 6.07) is -0.295. The molecule has 1 aliphatic heterocycles. The Bertz CT molecular complexity index is 714. The Morgan fingerprint density at radius 1 is 1.42 bits per heavy atom. The molecule has 26 heavy (non-hydrogen) atoms. The molecule has 0 saturated carbocycles. The van der Waals surface area contributed by atoms with Crippen LogP contribution in [0, 0.1) is 0 Å². The number of rotatable bonds is 7. The molecule has 0 spiro atoms. The summed E-state index contributed by atoms with van der Waals surface area (Å²) < 4.78 is 12.3. The van der Waals surface area contributed by atoms with Crippen molar-refractivity contribution in [3.8, 4) is 0 Å². The van der Waals surface area contributed by atoms with Gasteiger partial charge in [-0.1, -0.05) is 5.16 Å². The van der Waals surface area contributed by atoms with Crippen molar-refractivity contribution in [1.29, 1.82) is 0 Å². The molecule has 3 rings (SSSR count). The molecule has 10 heteroatoms. The van der Waals surface area contributed by atoms with Gasteiger partial charge in [-0.2, -0.15) is 4.98 Å². The number of ether oxygens (including phenoxy) is 1. The minimum Gasteiger partial charge on any atom is -0.384 e. The SMILES string of the molecule is COCCc1noc([C@H]2CCCCN2C(=O)NCCc2nncn2C)n1. The Labute approximate surface area is 151 Å². The van der Waals surface area contributed by atoms with E-state index in [1.54, 1.807) is 18.3 Å². The van der Waals surface area contributed by atoms with Gasteiger partial charge in [0, 0.05) is 40.1 Å². The van der Waals surface area contributed by atoms with E-state index in [1.165, 1.54) is 0 Å². The molecule has 1 saturated heterocycles. The molecule has 3 heterocycles. The van der Waals surface area contributed by atoms with Crippen molar-refractivity contribution < 1.29 is 14.1 Å². The van der Waals surface area contributed by atoms with Gasteiger partial charge in [0.2, 0.25) is 5.89 Å². The minimum atomic E-state index is -0.178. The van der Waals surface area contributed by atoms with Crippen LogP contribution >= 0.6 is 0 Å². The molecule has 142 valence electrons. The van der Waals surface area contributed by atoms with Gasteiger partial charge in [-0.25, -0.2) is 4.79 Å². The Balaban J connectivity index is 1.58. The van der Waals surface area contributed by atoms with Crippen LogP contribution in [0.2, 0.25) is 0 Å². The molecule has 2 aromatic heterocycles. The summed E-state index contributed by atoms with van der Waals surface area (Å²) in [4.78, 5) is 18.9. The first-order chi connectivity index (χ1) is 12.7. The third-order valence-electron chi connectivity index (χ3n) is 4.49. The number of nitrogens with one attached hydrogen (secondary N) is 1. The number of amides is 2. The summed E-state index contributed by atoms with van der Waals surface area (Å²) in [5.41, 5.74) is 0. The van der Waals surface area contributed by atoms with Gasteiger partial charge in [0.15, 0.2) is 5.82 Å². The van der Waals surface area contributed by atoms with Crippen molar-refractivity contribution in [3.63, 3.8) is 0 Å². The summed E-state index contributed by atoms with van der Waals surface area (Å²) in [6.45, 7) is 1.71. The zero-order chi connectivity index (χ0) is 18.4. The van der Waals surface area contributed by atoms with Gasteiger partial charge < -0.3 is 24.0 Å². The molecule has 1 atom stereocenters. The molecule has 0 unspecified atom stereocenters. The number of aryl methyl sites for hydroxylation is 1. The Morgan fingerprint density at radius 3 is 3.08 bits per heavy atom. The van der Waals surface area contributed by atoms with Crippen molar-refractivity contribution in [1.82, 2.24) is 35.1 Å². The molecule has 2 amide bonds. The van der Waals surface area contributed by atoms with E-state index in [4.69, 9.17) is 9.26 Å². The fraction of sp³-hybridized carbons (Fsp3) is 0.688. The van der Waals surface area contributed by atoms with E-state index in [1.807, 2.05) is 11.6 Å². The molecule has 10 nitrogen and oxygen atoms in total. The third-order valence-corrected chi connectivity index (χ3v) is 4.49. The zero-order valence-corrected chi connectivity index (χ0v) is 15.2. The molecule has 1 aliphatic rings. The highest BCUT2D eigenvalue weighted by molar-refractivity contribution is 5.74. The summed E-state index contributed by atoms with van der Waals surface area (Å²) in [5, 5.41) is 14.8. The minimum absolute atomic E-state index is 0.117. The average Bonchev–Trinajstić information content (AvgIpc) is 3.29. The smallest absolute Gasteiger partial charge is 0.318 e. The number of likely N-dealkylation sites (tertiary alicyclic amines) is 1. The standard InChI is InChI=1S/C16H25N7O3/c1-22-11-18-20-14(22)6-8-17-16(24)23-9-4-3-5-12(23)15-19-13(21-26-15)7-10-25-2/h11-12H,3-10H2,1-2H3,(H,17,24)/t12-/m1/s1. The topological polar surface area (TPSA) is 111 Å². The first kappa shape index (κ1) is 18.3. The van der Waals surface area contributed by atoms with E-state index in [-0.39, 0.29) is 12.1 Å². The van der Waals surface area contributed by atoms with Crippen molar-refractivity contribution in [3.05, 3.63) is 23.9 Å². The summed E-state index contributed by atoms with van der Waals surface area (Å²) in [7, 11) is 3.52. The van der Waals surface area contributed by atoms with Crippen molar-refractivity contribution in [2.24, 2.45) is 7.05 Å². The predicted molar refractivity (Wildman–Crippen MR) is 91.3 cm³/mol. The number of piperidine rings is 1. The lowest BCUT2D eigenvalue weighted by atomic mass is 10.0. The van der Waals surface area contributed by atoms with E-state index in [0.717, 1.165) is 25.1 Å². The molecule has 1 fully saturated rings. The van der Waals surface area contributed by atoms with Gasteiger partial charge in [-0.05, 0) is 19.3 Å². The van der Waals surface area contributed by atoms with Crippen LogP contribution in [0.1, 0.15) is 42.8 Å². The van der Waals surface area contributed by atoms with Gasteiger partial charge in [-0.15, -0.1) is 10.2 Å². The Kier molecular flexibility index (Phi) is 6.16. The van der Waals surface area contributed by atoms with E-state index in [9.17, 15) is 4.79 Å². The molecule has 2 aromatic rings. The van der Waals surface area contributed by atoms with E-state index in [0.29, 0.717) is 44.3 Å². The number of aromatic nitrogens is 5. The van der Waals surface area contributed by atoms with E-state index in [2.05, 4.69) is 25.7 Å². The van der Waals surface area contributed by atoms with Gasteiger partial charge in [0.1, 0.15) is 18.2 Å². The lowest BCUT2D eigenvalue weighted by molar-refractivity contribution is 0.132. The number of carbonyl (C=O) groups is 1. The molecule has 1 N–H and O–H groups in total. The zero-order valence-electron chi connectivity index (χ0n) is 15.2. The van der Waals surface area contributed by atoms with Crippen LogP contribution < -0.4 is 5.32 Å². The van der Waals surface area contributed by atoms with Gasteiger partial charge in [0.25, 0.3) is 0 Å². The van der Waals surface area contributed by atoms with Gasteiger partial charge in [0.05, 0.1) is 6.61 Å². The summed E-state index contributed by atoms with van der Waals surface area (Å²) in [5.74, 6) is 1.94. The maximum absolute atomic E-state index is 12.6. The van der Waals surface area contributed by atoms with Crippen molar-refractivity contribution in [2.45, 2.75) is 38.1 Å². The Hall–Kier alpha value is -2.49. The maximum Gasteiger partial charge on any atom is 0.318 e. The van der Waals surface area contributed by atoms with Crippen molar-refractivity contribution >= 4 is 6.03 Å². The summed E-state index contributed by atoms with van der Waals surface area (Å²) in [6.07, 6.45) is 5.69. The second-order valence-electron chi connectivity index (χ2n) is 6.34. The maximum atomic E-state index is 12.6. The molecule has 0 aliphatic carbocycles. The number of methoxy groups -OCH3 is 1. The highest BCUT2D eigenvalue weighted by atomic mass is 16.5. The number of hydrogen-bond acceptors (Lipinski definition) is 7. The quantitative estimate of drug-likeness (QED) is 0.777. The van der Waals surface area contributed by atoms with Crippen LogP contribution in [-0.2, 0) is 24.6 Å². The number of carbonyl (C=O) groups excluding carboxylic acids is 1. The fourth-order valence-electron chi connectivity index (χ4n) is 3.05. The van der Waals surface area contributed by atoms with E-state index >= 15 is 0 Å². The van der Waals surface area contributed by atoms with Crippen molar-refractivity contribution in [2.75, 3.05) is 26.8 Å². The van der Waals surface area contributed by atoms with Crippen LogP contribution in [0.3, 0.4) is 0 Å². The van der Waals surface area contributed by atoms with E-state index < -0.39 is 0 Å². The second-order valence-corrected chi connectivity index (χ2v) is 6.34. The largest absolute Gasteiger partial charge is 0.384 e. The highest BCUT2D eigenvalue weighted by Crippen LogP contribution is 2.29. The van der Waals surface area contributed by atoms with Crippen LogP contribution in [0.25, 0.3) is 0 Å². The fourth-order valence-corrected chi connectivity index (χ4v) is 3.05. The highest BCUT2D eigenvalue weighted by Gasteiger charge is 2.32. The lowest BCUT2D eigenvalue weighted by Gasteiger charge is -2.33. The number of hydrogen-bond donors (Lipinski definition) is 1. The van der Waals surface area contributed by atoms with Gasteiger partial charge in [-0.3, -0.25) is 0 Å². The molecule has 0 radical (unpaired) electrons. The van der Waals surface area contributed by atoms with Crippen LogP contribution in [0.15, 0.2) is 10.9 Å². The van der Waals surface area contributed by atoms with Crippen LogP contribution in [0.4, 0.5) is 4.79 Å². The molecular formula is C16H25N7O3. The molecular weight excluding hydrogens is 338 g/mol. The first-order valence-corrected chi connectivity index (χ1v) is 8.88. The lowest BCUT2D eigenvalue weighted by Crippen LogP contribution is -2.45. The van der Waals surface area contributed by atoms with Crippen LogP contribution in [0.5, 0.6) is 0 Å². The molecule has 0 aromatic carbocycles. The average molecular weight is 363 g/mol.